The Balaban J connectivity index is 1.57. The number of carbonyl (C=O) groups excluding carboxylic acids is 2. The quantitative estimate of drug-likeness (QED) is 0.708. The van der Waals surface area contributed by atoms with Crippen LogP contribution < -0.4 is 5.32 Å². The number of carbonyl (C=O) groups is 2. The van der Waals surface area contributed by atoms with Gasteiger partial charge in [-0.25, -0.2) is 0 Å². The molecule has 0 atom stereocenters. The number of nitrogens with one attached hydrogen (secondary N) is 1. The third kappa shape index (κ3) is 5.67. The van der Waals surface area contributed by atoms with Crippen LogP contribution in [0.4, 0.5) is 0 Å². The second kappa shape index (κ2) is 10.2. The van der Waals surface area contributed by atoms with E-state index in [-0.39, 0.29) is 11.8 Å². The minimum absolute atomic E-state index is 0.0774. The Bertz CT molecular complexity index is 828. The zero-order chi connectivity index (χ0) is 20.6. The average Bonchev–Trinajstić information content (AvgIpc) is 3.15. The second-order valence-electron chi connectivity index (χ2n) is 7.53. The molecule has 1 aliphatic rings. The van der Waals surface area contributed by atoms with Gasteiger partial charge in [0.15, 0.2) is 0 Å². The maximum atomic E-state index is 12.6. The lowest BCUT2D eigenvalue weighted by Gasteiger charge is -2.20. The van der Waals surface area contributed by atoms with Crippen molar-refractivity contribution in [3.05, 3.63) is 70.8 Å². The lowest BCUT2D eigenvalue weighted by atomic mass is 10.1. The highest BCUT2D eigenvalue weighted by molar-refractivity contribution is 5.94. The molecule has 2 aromatic carbocycles. The van der Waals surface area contributed by atoms with Crippen LogP contribution in [0.3, 0.4) is 0 Å². The molecule has 0 saturated carbocycles. The molecule has 0 aromatic heterocycles. The molecule has 5 nitrogen and oxygen atoms in total. The van der Waals surface area contributed by atoms with Crippen molar-refractivity contribution in [2.75, 3.05) is 19.6 Å². The van der Waals surface area contributed by atoms with Gasteiger partial charge in [-0.2, -0.15) is 0 Å². The Morgan fingerprint density at radius 1 is 1.03 bits per heavy atom. The SMILES string of the molecule is CCN(CC)Cc1ccccc1CNC(=O)c1ccc(CN2CCCC2=O)cc1. The molecule has 1 aliphatic heterocycles. The van der Waals surface area contributed by atoms with E-state index in [1.807, 2.05) is 41.3 Å². The molecule has 3 rings (SSSR count). The first-order chi connectivity index (χ1) is 14.1. The molecular weight excluding hydrogens is 362 g/mol. The summed E-state index contributed by atoms with van der Waals surface area (Å²) in [6, 6.07) is 15.8. The van der Waals surface area contributed by atoms with Gasteiger partial charge >= 0.3 is 0 Å². The topological polar surface area (TPSA) is 52.7 Å². The lowest BCUT2D eigenvalue weighted by molar-refractivity contribution is -0.128. The van der Waals surface area contributed by atoms with Gasteiger partial charge in [-0.05, 0) is 48.3 Å². The van der Waals surface area contributed by atoms with Crippen molar-refractivity contribution in [2.24, 2.45) is 0 Å². The molecule has 0 spiro atoms. The van der Waals surface area contributed by atoms with Crippen molar-refractivity contribution in [1.29, 1.82) is 0 Å². The summed E-state index contributed by atoms with van der Waals surface area (Å²) in [6.07, 6.45) is 1.59. The van der Waals surface area contributed by atoms with Crippen molar-refractivity contribution >= 4 is 11.8 Å². The van der Waals surface area contributed by atoms with E-state index < -0.39 is 0 Å². The molecule has 2 aromatic rings. The maximum Gasteiger partial charge on any atom is 0.251 e. The molecule has 1 fully saturated rings. The third-order valence-corrected chi connectivity index (χ3v) is 5.61. The number of hydrogen-bond donors (Lipinski definition) is 1. The van der Waals surface area contributed by atoms with Crippen LogP contribution in [0.1, 0.15) is 53.7 Å². The molecule has 1 saturated heterocycles. The molecule has 2 amide bonds. The van der Waals surface area contributed by atoms with E-state index >= 15 is 0 Å². The summed E-state index contributed by atoms with van der Waals surface area (Å²) in [5.74, 6) is 0.140. The zero-order valence-corrected chi connectivity index (χ0v) is 17.5. The van der Waals surface area contributed by atoms with Crippen LogP contribution in [0.25, 0.3) is 0 Å². The van der Waals surface area contributed by atoms with Crippen molar-refractivity contribution < 1.29 is 9.59 Å². The first kappa shape index (κ1) is 21.1. The highest BCUT2D eigenvalue weighted by Gasteiger charge is 2.20. The van der Waals surface area contributed by atoms with Crippen LogP contribution in [-0.4, -0.2) is 41.2 Å². The third-order valence-electron chi connectivity index (χ3n) is 5.61. The Morgan fingerprint density at radius 3 is 2.34 bits per heavy atom. The van der Waals surface area contributed by atoms with Gasteiger partial charge in [-0.15, -0.1) is 0 Å². The molecule has 1 heterocycles. The molecule has 5 heteroatoms. The Labute approximate surface area is 173 Å². The Hall–Kier alpha value is -2.66. The summed E-state index contributed by atoms with van der Waals surface area (Å²) < 4.78 is 0. The molecule has 0 unspecified atom stereocenters. The van der Waals surface area contributed by atoms with E-state index in [0.29, 0.717) is 25.1 Å². The van der Waals surface area contributed by atoms with Crippen molar-refractivity contribution in [3.8, 4) is 0 Å². The van der Waals surface area contributed by atoms with E-state index in [2.05, 4.69) is 36.2 Å². The summed E-state index contributed by atoms with van der Waals surface area (Å²) in [6.45, 7) is 9.20. The number of benzene rings is 2. The molecule has 0 bridgehead atoms. The fourth-order valence-electron chi connectivity index (χ4n) is 3.70. The fraction of sp³-hybridized carbons (Fsp3) is 0.417. The normalized spacial score (nSPS) is 13.9. The van der Waals surface area contributed by atoms with E-state index in [1.165, 1.54) is 5.56 Å². The maximum absolute atomic E-state index is 12.6. The minimum atomic E-state index is -0.0774. The van der Waals surface area contributed by atoms with Gasteiger partial charge in [0.25, 0.3) is 5.91 Å². The molecule has 1 N–H and O–H groups in total. The summed E-state index contributed by atoms with van der Waals surface area (Å²) in [7, 11) is 0. The average molecular weight is 394 g/mol. The smallest absolute Gasteiger partial charge is 0.251 e. The van der Waals surface area contributed by atoms with Gasteiger partial charge in [0.2, 0.25) is 5.91 Å². The van der Waals surface area contributed by atoms with Gasteiger partial charge in [-0.3, -0.25) is 14.5 Å². The summed E-state index contributed by atoms with van der Waals surface area (Å²) >= 11 is 0. The molecular formula is C24H31N3O2. The van der Waals surface area contributed by atoms with Crippen LogP contribution in [0.15, 0.2) is 48.5 Å². The Morgan fingerprint density at radius 2 is 1.72 bits per heavy atom. The van der Waals surface area contributed by atoms with E-state index in [4.69, 9.17) is 0 Å². The summed E-state index contributed by atoms with van der Waals surface area (Å²) in [5.41, 5.74) is 4.10. The minimum Gasteiger partial charge on any atom is -0.348 e. The van der Waals surface area contributed by atoms with E-state index in [9.17, 15) is 9.59 Å². The zero-order valence-electron chi connectivity index (χ0n) is 17.5. The van der Waals surface area contributed by atoms with Crippen LogP contribution >= 0.6 is 0 Å². The van der Waals surface area contributed by atoms with Gasteiger partial charge in [-0.1, -0.05) is 50.2 Å². The van der Waals surface area contributed by atoms with Crippen LogP contribution in [0, 0.1) is 0 Å². The van der Waals surface area contributed by atoms with Crippen LogP contribution in [0.2, 0.25) is 0 Å². The van der Waals surface area contributed by atoms with Crippen LogP contribution in [0.5, 0.6) is 0 Å². The molecule has 0 aliphatic carbocycles. The lowest BCUT2D eigenvalue weighted by Crippen LogP contribution is -2.26. The van der Waals surface area contributed by atoms with Crippen molar-refractivity contribution in [2.45, 2.75) is 46.3 Å². The highest BCUT2D eigenvalue weighted by Crippen LogP contribution is 2.15. The predicted octanol–water partition coefficient (Wildman–Crippen LogP) is 3.58. The first-order valence-corrected chi connectivity index (χ1v) is 10.5. The number of nitrogens with zero attached hydrogens (tertiary/aromatic N) is 2. The number of hydrogen-bond acceptors (Lipinski definition) is 3. The van der Waals surface area contributed by atoms with Crippen LogP contribution in [-0.2, 0) is 24.4 Å². The first-order valence-electron chi connectivity index (χ1n) is 10.5. The van der Waals surface area contributed by atoms with E-state index in [0.717, 1.165) is 43.7 Å². The predicted molar refractivity (Wildman–Crippen MR) is 115 cm³/mol. The largest absolute Gasteiger partial charge is 0.348 e. The second-order valence-corrected chi connectivity index (χ2v) is 7.53. The van der Waals surface area contributed by atoms with Gasteiger partial charge < -0.3 is 10.2 Å². The van der Waals surface area contributed by atoms with Crippen molar-refractivity contribution in [3.63, 3.8) is 0 Å². The summed E-state index contributed by atoms with van der Waals surface area (Å²) in [4.78, 5) is 28.6. The number of amides is 2. The van der Waals surface area contributed by atoms with Crippen molar-refractivity contribution in [1.82, 2.24) is 15.1 Å². The van der Waals surface area contributed by atoms with E-state index in [1.54, 1.807) is 0 Å². The standard InChI is InChI=1S/C24H31N3O2/c1-3-26(4-2)18-22-9-6-5-8-21(22)16-25-24(29)20-13-11-19(12-14-20)17-27-15-7-10-23(27)28/h5-6,8-9,11-14H,3-4,7,10,15-18H2,1-2H3,(H,25,29). The van der Waals surface area contributed by atoms with Gasteiger partial charge in [0, 0.05) is 38.2 Å². The fourth-order valence-corrected chi connectivity index (χ4v) is 3.70. The molecule has 154 valence electrons. The van der Waals surface area contributed by atoms with Gasteiger partial charge in [0.05, 0.1) is 0 Å². The Kier molecular flexibility index (Phi) is 7.42. The highest BCUT2D eigenvalue weighted by atomic mass is 16.2. The molecule has 29 heavy (non-hydrogen) atoms. The summed E-state index contributed by atoms with van der Waals surface area (Å²) in [5, 5.41) is 3.04. The number of likely N-dealkylation sites (tertiary alicyclic amines) is 1. The number of rotatable bonds is 9. The monoisotopic (exact) mass is 393 g/mol. The molecule has 0 radical (unpaired) electrons. The van der Waals surface area contributed by atoms with Gasteiger partial charge in [0.1, 0.15) is 0 Å².